The van der Waals surface area contributed by atoms with Crippen molar-refractivity contribution in [2.75, 3.05) is 31.1 Å². The lowest BCUT2D eigenvalue weighted by molar-refractivity contribution is -0.130. The fourth-order valence-electron chi connectivity index (χ4n) is 3.24. The summed E-state index contributed by atoms with van der Waals surface area (Å²) in [4.78, 5) is 30.4. The van der Waals surface area contributed by atoms with E-state index in [1.54, 1.807) is 18.2 Å². The Kier molecular flexibility index (Phi) is 4.20. The van der Waals surface area contributed by atoms with Gasteiger partial charge in [0.2, 0.25) is 5.91 Å². The van der Waals surface area contributed by atoms with E-state index >= 15 is 0 Å². The Hall–Kier alpha value is -3.09. The van der Waals surface area contributed by atoms with Crippen LogP contribution in [0.2, 0.25) is 0 Å². The Bertz CT molecular complexity index is 985. The van der Waals surface area contributed by atoms with E-state index in [0.717, 1.165) is 11.3 Å². The monoisotopic (exact) mass is 355 g/mol. The molecule has 1 N–H and O–H groups in total. The molecule has 7 heteroatoms. The number of nitrogens with one attached hydrogen (secondary N) is 1. The van der Waals surface area contributed by atoms with E-state index < -0.39 is 5.76 Å². The van der Waals surface area contributed by atoms with Crippen LogP contribution >= 0.6 is 0 Å². The standard InChI is InChI=1S/C19H18FN3O3/c20-14-3-1-13(2-4-14)11-18(24)23-9-7-22(8-10-23)15-5-6-17-16(12-15)21-19(25)26-17/h1-6,12H,7-11H2,(H,21,25). The first-order chi connectivity index (χ1) is 12.6. The van der Waals surface area contributed by atoms with Gasteiger partial charge in [0.1, 0.15) is 5.82 Å². The zero-order valence-corrected chi connectivity index (χ0v) is 14.1. The molecule has 0 spiro atoms. The van der Waals surface area contributed by atoms with Gasteiger partial charge in [-0.25, -0.2) is 9.18 Å². The summed E-state index contributed by atoms with van der Waals surface area (Å²) in [6.07, 6.45) is 0.280. The van der Waals surface area contributed by atoms with Crippen LogP contribution in [0.5, 0.6) is 0 Å². The number of amides is 1. The van der Waals surface area contributed by atoms with E-state index in [1.165, 1.54) is 12.1 Å². The van der Waals surface area contributed by atoms with Crippen LogP contribution in [0.4, 0.5) is 10.1 Å². The van der Waals surface area contributed by atoms with Gasteiger partial charge in [0.15, 0.2) is 5.58 Å². The van der Waals surface area contributed by atoms with Crippen LogP contribution in [0.3, 0.4) is 0 Å². The second-order valence-corrected chi connectivity index (χ2v) is 6.37. The van der Waals surface area contributed by atoms with Gasteiger partial charge in [0, 0.05) is 31.9 Å². The molecule has 1 amide bonds. The van der Waals surface area contributed by atoms with Crippen LogP contribution in [0.1, 0.15) is 5.56 Å². The van der Waals surface area contributed by atoms with Gasteiger partial charge in [-0.2, -0.15) is 0 Å². The lowest BCUT2D eigenvalue weighted by Crippen LogP contribution is -2.49. The summed E-state index contributed by atoms with van der Waals surface area (Å²) in [5, 5.41) is 0. The van der Waals surface area contributed by atoms with Gasteiger partial charge in [-0.3, -0.25) is 9.78 Å². The Morgan fingerprint density at radius 1 is 1.08 bits per heavy atom. The van der Waals surface area contributed by atoms with Crippen molar-refractivity contribution in [3.63, 3.8) is 0 Å². The highest BCUT2D eigenvalue weighted by Crippen LogP contribution is 2.21. The Morgan fingerprint density at radius 3 is 2.54 bits per heavy atom. The zero-order chi connectivity index (χ0) is 18.1. The number of nitrogens with zero attached hydrogens (tertiary/aromatic N) is 2. The van der Waals surface area contributed by atoms with E-state index in [0.29, 0.717) is 37.3 Å². The number of aromatic amines is 1. The maximum absolute atomic E-state index is 13.0. The first-order valence-corrected chi connectivity index (χ1v) is 8.48. The van der Waals surface area contributed by atoms with Crippen molar-refractivity contribution >= 4 is 22.7 Å². The molecule has 0 aliphatic carbocycles. The van der Waals surface area contributed by atoms with Gasteiger partial charge in [0.05, 0.1) is 11.9 Å². The maximum atomic E-state index is 13.0. The molecule has 6 nitrogen and oxygen atoms in total. The molecule has 1 aliphatic rings. The summed E-state index contributed by atoms with van der Waals surface area (Å²) in [6, 6.07) is 11.6. The fourth-order valence-corrected chi connectivity index (χ4v) is 3.24. The van der Waals surface area contributed by atoms with Crippen LogP contribution in [0.15, 0.2) is 51.7 Å². The number of piperazine rings is 1. The average Bonchev–Trinajstić information content (AvgIpc) is 3.03. The summed E-state index contributed by atoms with van der Waals surface area (Å²) in [5.74, 6) is -0.718. The second kappa shape index (κ2) is 6.67. The molecule has 3 aromatic rings. The molecule has 1 aliphatic heterocycles. The lowest BCUT2D eigenvalue weighted by atomic mass is 10.1. The van der Waals surface area contributed by atoms with Crippen LogP contribution in [0.25, 0.3) is 11.1 Å². The van der Waals surface area contributed by atoms with Crippen molar-refractivity contribution in [3.8, 4) is 0 Å². The van der Waals surface area contributed by atoms with Crippen molar-refractivity contribution in [2.24, 2.45) is 0 Å². The molecule has 26 heavy (non-hydrogen) atoms. The number of oxazole rings is 1. The zero-order valence-electron chi connectivity index (χ0n) is 14.1. The Balaban J connectivity index is 1.38. The lowest BCUT2D eigenvalue weighted by Gasteiger charge is -2.36. The van der Waals surface area contributed by atoms with Crippen molar-refractivity contribution in [1.29, 1.82) is 0 Å². The van der Waals surface area contributed by atoms with E-state index in [1.807, 2.05) is 17.0 Å². The minimum absolute atomic E-state index is 0.0471. The quantitative estimate of drug-likeness (QED) is 0.782. The molecular formula is C19H18FN3O3. The fraction of sp³-hybridized carbons (Fsp3) is 0.263. The van der Waals surface area contributed by atoms with Gasteiger partial charge in [0.25, 0.3) is 0 Å². The molecule has 0 atom stereocenters. The Morgan fingerprint density at radius 2 is 1.81 bits per heavy atom. The van der Waals surface area contributed by atoms with Crippen molar-refractivity contribution in [1.82, 2.24) is 9.88 Å². The molecule has 1 fully saturated rings. The van der Waals surface area contributed by atoms with Crippen LogP contribution < -0.4 is 10.7 Å². The summed E-state index contributed by atoms with van der Waals surface area (Å²) in [6.45, 7) is 2.67. The number of rotatable bonds is 3. The second-order valence-electron chi connectivity index (χ2n) is 6.37. The van der Waals surface area contributed by atoms with Crippen LogP contribution in [0, 0.1) is 5.82 Å². The summed E-state index contributed by atoms with van der Waals surface area (Å²) in [7, 11) is 0. The van der Waals surface area contributed by atoms with E-state index in [4.69, 9.17) is 4.42 Å². The molecule has 2 heterocycles. The summed E-state index contributed by atoms with van der Waals surface area (Å²) in [5.41, 5.74) is 3.00. The molecule has 0 bridgehead atoms. The molecule has 134 valence electrons. The van der Waals surface area contributed by atoms with Crippen molar-refractivity contribution in [2.45, 2.75) is 6.42 Å². The number of carbonyl (C=O) groups excluding carboxylic acids is 1. The SMILES string of the molecule is O=C(Cc1ccc(F)cc1)N1CCN(c2ccc3oc(=O)[nH]c3c2)CC1. The number of H-pyrrole nitrogens is 1. The number of hydrogen-bond acceptors (Lipinski definition) is 4. The number of fused-ring (bicyclic) bond motifs is 1. The van der Waals surface area contributed by atoms with Crippen molar-refractivity contribution < 1.29 is 13.6 Å². The molecule has 0 radical (unpaired) electrons. The number of halogens is 1. The largest absolute Gasteiger partial charge is 0.417 e. The number of anilines is 1. The summed E-state index contributed by atoms with van der Waals surface area (Å²) >= 11 is 0. The first kappa shape index (κ1) is 16.4. The minimum atomic E-state index is -0.464. The third kappa shape index (κ3) is 3.33. The predicted octanol–water partition coefficient (Wildman–Crippen LogP) is 2.15. The average molecular weight is 355 g/mol. The molecule has 0 unspecified atom stereocenters. The van der Waals surface area contributed by atoms with Gasteiger partial charge in [-0.05, 0) is 35.9 Å². The van der Waals surface area contributed by atoms with Gasteiger partial charge in [-0.1, -0.05) is 12.1 Å². The highest BCUT2D eigenvalue weighted by atomic mass is 19.1. The van der Waals surface area contributed by atoms with Gasteiger partial charge < -0.3 is 14.2 Å². The van der Waals surface area contributed by atoms with Gasteiger partial charge in [-0.15, -0.1) is 0 Å². The van der Waals surface area contributed by atoms with Gasteiger partial charge >= 0.3 is 5.76 Å². The van der Waals surface area contributed by atoms with E-state index in [9.17, 15) is 14.0 Å². The number of carbonyl (C=O) groups is 1. The molecule has 4 rings (SSSR count). The van der Waals surface area contributed by atoms with Crippen LogP contribution in [-0.4, -0.2) is 42.0 Å². The maximum Gasteiger partial charge on any atom is 0.417 e. The third-order valence-corrected chi connectivity index (χ3v) is 4.67. The topological polar surface area (TPSA) is 69.6 Å². The van der Waals surface area contributed by atoms with E-state index in [2.05, 4.69) is 9.88 Å². The number of aromatic nitrogens is 1. The summed E-state index contributed by atoms with van der Waals surface area (Å²) < 4.78 is 18.0. The molecule has 0 saturated carbocycles. The van der Waals surface area contributed by atoms with Crippen LogP contribution in [-0.2, 0) is 11.2 Å². The first-order valence-electron chi connectivity index (χ1n) is 8.48. The third-order valence-electron chi connectivity index (χ3n) is 4.67. The molecule has 1 aromatic heterocycles. The number of hydrogen-bond donors (Lipinski definition) is 1. The van der Waals surface area contributed by atoms with Crippen molar-refractivity contribution in [3.05, 3.63) is 64.4 Å². The van der Waals surface area contributed by atoms with E-state index in [-0.39, 0.29) is 18.1 Å². The Labute approximate surface area is 148 Å². The minimum Gasteiger partial charge on any atom is -0.408 e. The molecular weight excluding hydrogens is 337 g/mol. The normalized spacial score (nSPS) is 14.8. The predicted molar refractivity (Wildman–Crippen MR) is 95.7 cm³/mol. The smallest absolute Gasteiger partial charge is 0.408 e. The highest BCUT2D eigenvalue weighted by molar-refractivity contribution is 5.80. The highest BCUT2D eigenvalue weighted by Gasteiger charge is 2.21. The number of benzene rings is 2. The molecule has 1 saturated heterocycles. The molecule has 2 aromatic carbocycles.